The van der Waals surface area contributed by atoms with Crippen LogP contribution in [0.5, 0.6) is 0 Å². The van der Waals surface area contributed by atoms with Gasteiger partial charge in [-0.3, -0.25) is 4.79 Å². The summed E-state index contributed by atoms with van der Waals surface area (Å²) in [7, 11) is 0. The lowest BCUT2D eigenvalue weighted by molar-refractivity contribution is -0.136. The SMILES string of the molecule is O=C(O)Cc1cc2c(s1)CCOC2. The minimum absolute atomic E-state index is 0.137. The summed E-state index contributed by atoms with van der Waals surface area (Å²) in [4.78, 5) is 12.7. The maximum atomic E-state index is 10.5. The number of carboxylic acid groups (broad SMARTS) is 1. The molecule has 1 aromatic rings. The summed E-state index contributed by atoms with van der Waals surface area (Å²) in [5, 5.41) is 8.60. The molecule has 2 heterocycles. The minimum atomic E-state index is -0.764. The van der Waals surface area contributed by atoms with E-state index >= 15 is 0 Å². The van der Waals surface area contributed by atoms with Crippen molar-refractivity contribution in [1.82, 2.24) is 0 Å². The quantitative estimate of drug-likeness (QED) is 0.782. The van der Waals surface area contributed by atoms with Crippen molar-refractivity contribution >= 4 is 17.3 Å². The second kappa shape index (κ2) is 3.47. The molecule has 0 unspecified atom stereocenters. The fraction of sp³-hybridized carbons (Fsp3) is 0.444. The van der Waals surface area contributed by atoms with Gasteiger partial charge in [0.05, 0.1) is 19.6 Å². The van der Waals surface area contributed by atoms with E-state index in [1.165, 1.54) is 10.4 Å². The number of hydrogen-bond acceptors (Lipinski definition) is 3. The van der Waals surface area contributed by atoms with Crippen molar-refractivity contribution in [3.63, 3.8) is 0 Å². The number of ether oxygens (including phenoxy) is 1. The standard InChI is InChI=1S/C9H10O3S/c10-9(11)4-7-3-6-5-12-2-1-8(6)13-7/h3H,1-2,4-5H2,(H,10,11). The third-order valence-electron chi connectivity index (χ3n) is 2.00. The average Bonchev–Trinajstić information content (AvgIpc) is 2.44. The third kappa shape index (κ3) is 1.89. The Bertz CT molecular complexity index is 306. The molecule has 1 aromatic heterocycles. The molecule has 0 saturated carbocycles. The van der Waals surface area contributed by atoms with Gasteiger partial charge < -0.3 is 9.84 Å². The molecule has 0 aromatic carbocycles. The Labute approximate surface area is 80.0 Å². The van der Waals surface area contributed by atoms with Crippen molar-refractivity contribution < 1.29 is 14.6 Å². The van der Waals surface area contributed by atoms with Crippen molar-refractivity contribution in [2.45, 2.75) is 19.4 Å². The van der Waals surface area contributed by atoms with Crippen LogP contribution in [0.4, 0.5) is 0 Å². The van der Waals surface area contributed by atoms with Gasteiger partial charge in [-0.05, 0) is 11.6 Å². The van der Waals surface area contributed by atoms with Crippen LogP contribution in [0.2, 0.25) is 0 Å². The zero-order valence-electron chi connectivity index (χ0n) is 7.08. The van der Waals surface area contributed by atoms with Crippen molar-refractivity contribution in [3.8, 4) is 0 Å². The van der Waals surface area contributed by atoms with Crippen LogP contribution in [0.1, 0.15) is 15.3 Å². The third-order valence-corrected chi connectivity index (χ3v) is 3.24. The van der Waals surface area contributed by atoms with Gasteiger partial charge >= 0.3 is 5.97 Å². The molecule has 0 amide bonds. The van der Waals surface area contributed by atoms with E-state index < -0.39 is 5.97 Å². The second-order valence-electron chi connectivity index (χ2n) is 3.03. The first-order valence-corrected chi connectivity index (χ1v) is 4.97. The molecule has 13 heavy (non-hydrogen) atoms. The highest BCUT2D eigenvalue weighted by Crippen LogP contribution is 2.27. The molecule has 2 rings (SSSR count). The molecule has 4 heteroatoms. The summed E-state index contributed by atoms with van der Waals surface area (Å²) < 4.78 is 5.27. The number of aliphatic carboxylic acids is 1. The maximum Gasteiger partial charge on any atom is 0.308 e. The summed E-state index contributed by atoms with van der Waals surface area (Å²) in [6.45, 7) is 1.41. The van der Waals surface area contributed by atoms with E-state index in [1.54, 1.807) is 11.3 Å². The Hall–Kier alpha value is -0.870. The fourth-order valence-corrected chi connectivity index (χ4v) is 2.59. The van der Waals surface area contributed by atoms with E-state index in [1.807, 2.05) is 6.07 Å². The van der Waals surface area contributed by atoms with E-state index in [0.29, 0.717) is 6.61 Å². The lowest BCUT2D eigenvalue weighted by Crippen LogP contribution is -2.05. The Balaban J connectivity index is 2.20. The summed E-state index contributed by atoms with van der Waals surface area (Å²) in [6, 6.07) is 1.95. The van der Waals surface area contributed by atoms with Crippen LogP contribution in [0, 0.1) is 0 Å². The van der Waals surface area contributed by atoms with Gasteiger partial charge in [0.2, 0.25) is 0 Å². The molecular weight excluding hydrogens is 188 g/mol. The van der Waals surface area contributed by atoms with E-state index in [0.717, 1.165) is 17.9 Å². The highest BCUT2D eigenvalue weighted by atomic mass is 32.1. The minimum Gasteiger partial charge on any atom is -0.481 e. The van der Waals surface area contributed by atoms with Crippen LogP contribution in [0.25, 0.3) is 0 Å². The Morgan fingerprint density at radius 2 is 2.54 bits per heavy atom. The van der Waals surface area contributed by atoms with Crippen LogP contribution < -0.4 is 0 Å². The van der Waals surface area contributed by atoms with Gasteiger partial charge in [0.15, 0.2) is 0 Å². The van der Waals surface area contributed by atoms with Gasteiger partial charge in [-0.2, -0.15) is 0 Å². The highest BCUT2D eigenvalue weighted by molar-refractivity contribution is 7.12. The highest BCUT2D eigenvalue weighted by Gasteiger charge is 2.14. The van der Waals surface area contributed by atoms with Gasteiger partial charge in [0, 0.05) is 16.2 Å². The van der Waals surface area contributed by atoms with Crippen LogP contribution in [-0.2, 0) is 29.0 Å². The van der Waals surface area contributed by atoms with E-state index in [-0.39, 0.29) is 6.42 Å². The number of thiophene rings is 1. The number of carbonyl (C=O) groups is 1. The Morgan fingerprint density at radius 1 is 1.69 bits per heavy atom. The van der Waals surface area contributed by atoms with E-state index in [4.69, 9.17) is 9.84 Å². The number of fused-ring (bicyclic) bond motifs is 1. The molecule has 1 aliphatic heterocycles. The first-order valence-electron chi connectivity index (χ1n) is 4.15. The van der Waals surface area contributed by atoms with Crippen molar-refractivity contribution in [1.29, 1.82) is 0 Å². The normalized spacial score (nSPS) is 15.4. The van der Waals surface area contributed by atoms with Crippen LogP contribution in [0.3, 0.4) is 0 Å². The predicted octanol–water partition coefficient (Wildman–Crippen LogP) is 1.45. The van der Waals surface area contributed by atoms with Gasteiger partial charge in [-0.15, -0.1) is 11.3 Å². The first-order chi connectivity index (χ1) is 6.25. The van der Waals surface area contributed by atoms with Gasteiger partial charge in [-0.25, -0.2) is 0 Å². The summed E-state index contributed by atoms with van der Waals surface area (Å²) in [5.74, 6) is -0.764. The lowest BCUT2D eigenvalue weighted by atomic mass is 10.2. The number of carboxylic acids is 1. The molecule has 0 bridgehead atoms. The van der Waals surface area contributed by atoms with Crippen molar-refractivity contribution in [2.24, 2.45) is 0 Å². The molecule has 70 valence electrons. The zero-order valence-corrected chi connectivity index (χ0v) is 7.89. The molecule has 0 atom stereocenters. The molecular formula is C9H10O3S. The van der Waals surface area contributed by atoms with Crippen molar-refractivity contribution in [2.75, 3.05) is 6.61 Å². The Kier molecular flexibility index (Phi) is 2.33. The van der Waals surface area contributed by atoms with E-state index in [2.05, 4.69) is 0 Å². The molecule has 0 spiro atoms. The second-order valence-corrected chi connectivity index (χ2v) is 4.26. The molecule has 0 radical (unpaired) electrons. The smallest absolute Gasteiger partial charge is 0.308 e. The topological polar surface area (TPSA) is 46.5 Å². The molecule has 0 aliphatic carbocycles. The van der Waals surface area contributed by atoms with Gasteiger partial charge in [-0.1, -0.05) is 0 Å². The first kappa shape index (κ1) is 8.72. The number of hydrogen-bond donors (Lipinski definition) is 1. The molecule has 0 fully saturated rings. The lowest BCUT2D eigenvalue weighted by Gasteiger charge is -2.10. The summed E-state index contributed by atoms with van der Waals surface area (Å²) in [6.07, 6.45) is 1.07. The van der Waals surface area contributed by atoms with Crippen LogP contribution in [-0.4, -0.2) is 17.7 Å². The monoisotopic (exact) mass is 198 g/mol. The number of rotatable bonds is 2. The predicted molar refractivity (Wildman–Crippen MR) is 49.0 cm³/mol. The summed E-state index contributed by atoms with van der Waals surface area (Å²) >= 11 is 1.60. The largest absolute Gasteiger partial charge is 0.481 e. The van der Waals surface area contributed by atoms with Gasteiger partial charge in [0.1, 0.15) is 0 Å². The Morgan fingerprint density at radius 3 is 3.23 bits per heavy atom. The van der Waals surface area contributed by atoms with E-state index in [9.17, 15) is 4.79 Å². The van der Waals surface area contributed by atoms with Crippen molar-refractivity contribution in [3.05, 3.63) is 21.4 Å². The van der Waals surface area contributed by atoms with Crippen LogP contribution >= 0.6 is 11.3 Å². The molecule has 1 N–H and O–H groups in total. The zero-order chi connectivity index (χ0) is 9.26. The maximum absolute atomic E-state index is 10.5. The molecule has 0 saturated heterocycles. The summed E-state index contributed by atoms with van der Waals surface area (Å²) in [5.41, 5.74) is 1.17. The molecule has 3 nitrogen and oxygen atoms in total. The average molecular weight is 198 g/mol. The fourth-order valence-electron chi connectivity index (χ4n) is 1.44. The van der Waals surface area contributed by atoms with Crippen LogP contribution in [0.15, 0.2) is 6.07 Å². The molecule has 1 aliphatic rings. The van der Waals surface area contributed by atoms with Gasteiger partial charge in [0.25, 0.3) is 0 Å².